The first-order chi connectivity index (χ1) is 10.4. The number of hydrogen-bond donors (Lipinski definition) is 3. The zero-order valence-corrected chi connectivity index (χ0v) is 16.8. The van der Waals surface area contributed by atoms with Gasteiger partial charge in [-0.1, -0.05) is 39.8 Å². The van der Waals surface area contributed by atoms with Crippen LogP contribution in [0, 0.1) is 5.92 Å². The SMILES string of the molecule is CC(C)C(=O)NCCCN=C(N)Nc1cccc(C(C)C)c1.I. The average Bonchev–Trinajstić information content (AvgIpc) is 2.46. The normalized spacial score (nSPS) is 11.3. The summed E-state index contributed by atoms with van der Waals surface area (Å²) in [6.07, 6.45) is 0.771. The number of nitrogens with one attached hydrogen (secondary N) is 2. The summed E-state index contributed by atoms with van der Waals surface area (Å²) in [5, 5.41) is 5.95. The van der Waals surface area contributed by atoms with E-state index in [1.807, 2.05) is 26.0 Å². The van der Waals surface area contributed by atoms with Gasteiger partial charge in [-0.25, -0.2) is 0 Å². The summed E-state index contributed by atoms with van der Waals surface area (Å²) >= 11 is 0. The summed E-state index contributed by atoms with van der Waals surface area (Å²) in [4.78, 5) is 15.7. The van der Waals surface area contributed by atoms with Gasteiger partial charge in [0, 0.05) is 24.7 Å². The highest BCUT2D eigenvalue weighted by Gasteiger charge is 2.04. The number of hydrogen-bond acceptors (Lipinski definition) is 2. The molecule has 0 bridgehead atoms. The minimum atomic E-state index is 0. The molecular formula is C17H29IN4O. The van der Waals surface area contributed by atoms with E-state index in [4.69, 9.17) is 5.73 Å². The van der Waals surface area contributed by atoms with E-state index >= 15 is 0 Å². The molecule has 1 aromatic carbocycles. The number of nitrogens with zero attached hydrogens (tertiary/aromatic N) is 1. The molecule has 4 N–H and O–H groups in total. The quantitative estimate of drug-likeness (QED) is 0.268. The molecule has 0 aromatic heterocycles. The molecule has 0 aliphatic carbocycles. The van der Waals surface area contributed by atoms with Crippen molar-refractivity contribution in [3.63, 3.8) is 0 Å². The van der Waals surface area contributed by atoms with Gasteiger partial charge >= 0.3 is 0 Å². The van der Waals surface area contributed by atoms with E-state index in [2.05, 4.69) is 41.6 Å². The molecule has 0 saturated heterocycles. The maximum Gasteiger partial charge on any atom is 0.222 e. The molecule has 0 saturated carbocycles. The summed E-state index contributed by atoms with van der Waals surface area (Å²) in [6, 6.07) is 8.15. The molecule has 0 radical (unpaired) electrons. The maximum absolute atomic E-state index is 11.4. The zero-order chi connectivity index (χ0) is 16.5. The smallest absolute Gasteiger partial charge is 0.222 e. The van der Waals surface area contributed by atoms with E-state index in [-0.39, 0.29) is 35.8 Å². The standard InChI is InChI=1S/C17H28N4O.HI/c1-12(2)14-7-5-8-15(11-14)21-17(18)20-10-6-9-19-16(22)13(3)4;/h5,7-8,11-13H,6,9-10H2,1-4H3,(H,19,22)(H3,18,20,21);1H. The number of aliphatic imine (C=N–C) groups is 1. The number of amides is 1. The lowest BCUT2D eigenvalue weighted by Crippen LogP contribution is -2.29. The van der Waals surface area contributed by atoms with Gasteiger partial charge in [-0.3, -0.25) is 9.79 Å². The number of nitrogens with two attached hydrogens (primary N) is 1. The Balaban J connectivity index is 0.00000484. The maximum atomic E-state index is 11.4. The number of halogens is 1. The molecule has 1 amide bonds. The van der Waals surface area contributed by atoms with Gasteiger partial charge in [0.15, 0.2) is 5.96 Å². The first kappa shape index (κ1) is 21.7. The van der Waals surface area contributed by atoms with Crippen molar-refractivity contribution in [1.82, 2.24) is 5.32 Å². The predicted molar refractivity (Wildman–Crippen MR) is 109 cm³/mol. The fourth-order valence-electron chi connectivity index (χ4n) is 1.86. The Morgan fingerprint density at radius 2 is 1.96 bits per heavy atom. The van der Waals surface area contributed by atoms with Crippen molar-refractivity contribution in [1.29, 1.82) is 0 Å². The average molecular weight is 432 g/mol. The van der Waals surface area contributed by atoms with Crippen molar-refractivity contribution < 1.29 is 4.79 Å². The fraction of sp³-hybridized carbons (Fsp3) is 0.529. The Kier molecular flexibility index (Phi) is 10.6. The monoisotopic (exact) mass is 432 g/mol. The molecule has 0 heterocycles. The molecule has 0 spiro atoms. The van der Waals surface area contributed by atoms with Crippen LogP contribution in [-0.4, -0.2) is 25.0 Å². The molecule has 130 valence electrons. The molecule has 0 fully saturated rings. The highest BCUT2D eigenvalue weighted by molar-refractivity contribution is 14.0. The Morgan fingerprint density at radius 3 is 2.57 bits per heavy atom. The molecule has 5 nitrogen and oxygen atoms in total. The van der Waals surface area contributed by atoms with Gasteiger partial charge < -0.3 is 16.4 Å². The van der Waals surface area contributed by atoms with Crippen molar-refractivity contribution in [3.05, 3.63) is 29.8 Å². The predicted octanol–water partition coefficient (Wildman–Crippen LogP) is 3.32. The summed E-state index contributed by atoms with van der Waals surface area (Å²) in [5.41, 5.74) is 8.08. The summed E-state index contributed by atoms with van der Waals surface area (Å²) in [7, 11) is 0. The second-order valence-corrected chi connectivity index (χ2v) is 5.97. The third-order valence-corrected chi connectivity index (χ3v) is 3.27. The summed E-state index contributed by atoms with van der Waals surface area (Å²) in [6.45, 7) is 9.27. The van der Waals surface area contributed by atoms with Gasteiger partial charge in [0.1, 0.15) is 0 Å². The van der Waals surface area contributed by atoms with Gasteiger partial charge in [0.2, 0.25) is 5.91 Å². The first-order valence-corrected chi connectivity index (χ1v) is 7.84. The van der Waals surface area contributed by atoms with E-state index in [1.165, 1.54) is 5.56 Å². The highest BCUT2D eigenvalue weighted by atomic mass is 127. The Hall–Kier alpha value is -1.31. The lowest BCUT2D eigenvalue weighted by atomic mass is 10.0. The van der Waals surface area contributed by atoms with Crippen LogP contribution in [0.25, 0.3) is 0 Å². The highest BCUT2D eigenvalue weighted by Crippen LogP contribution is 2.18. The first-order valence-electron chi connectivity index (χ1n) is 7.84. The van der Waals surface area contributed by atoms with Crippen LogP contribution >= 0.6 is 24.0 Å². The lowest BCUT2D eigenvalue weighted by Gasteiger charge is -2.10. The molecule has 0 aliphatic rings. The Morgan fingerprint density at radius 1 is 1.26 bits per heavy atom. The van der Waals surface area contributed by atoms with Gasteiger partial charge in [0.25, 0.3) is 0 Å². The van der Waals surface area contributed by atoms with Crippen molar-refractivity contribution in [2.45, 2.75) is 40.0 Å². The van der Waals surface area contributed by atoms with Crippen LogP contribution in [0.2, 0.25) is 0 Å². The van der Waals surface area contributed by atoms with Crippen LogP contribution in [0.4, 0.5) is 5.69 Å². The van der Waals surface area contributed by atoms with E-state index < -0.39 is 0 Å². The minimum absolute atomic E-state index is 0. The number of benzene rings is 1. The number of anilines is 1. The van der Waals surface area contributed by atoms with Gasteiger partial charge in [0.05, 0.1) is 0 Å². The van der Waals surface area contributed by atoms with Gasteiger partial charge in [-0.05, 0) is 30.0 Å². The number of carbonyl (C=O) groups excluding carboxylic acids is 1. The van der Waals surface area contributed by atoms with Crippen LogP contribution in [0.5, 0.6) is 0 Å². The van der Waals surface area contributed by atoms with Crippen molar-refractivity contribution in [3.8, 4) is 0 Å². The van der Waals surface area contributed by atoms with Crippen LogP contribution < -0.4 is 16.4 Å². The zero-order valence-electron chi connectivity index (χ0n) is 14.4. The van der Waals surface area contributed by atoms with E-state index in [0.717, 1.165) is 12.1 Å². The van der Waals surface area contributed by atoms with Crippen LogP contribution in [-0.2, 0) is 4.79 Å². The molecule has 6 heteroatoms. The summed E-state index contributed by atoms with van der Waals surface area (Å²) in [5.74, 6) is 0.963. The largest absolute Gasteiger partial charge is 0.370 e. The Labute approximate surface area is 156 Å². The van der Waals surface area contributed by atoms with Crippen LogP contribution in [0.1, 0.15) is 45.6 Å². The third-order valence-electron chi connectivity index (χ3n) is 3.27. The topological polar surface area (TPSA) is 79.5 Å². The number of rotatable bonds is 7. The fourth-order valence-corrected chi connectivity index (χ4v) is 1.86. The molecule has 0 unspecified atom stereocenters. The van der Waals surface area contributed by atoms with Crippen molar-refractivity contribution in [2.24, 2.45) is 16.6 Å². The van der Waals surface area contributed by atoms with E-state index in [1.54, 1.807) is 0 Å². The molecular weight excluding hydrogens is 403 g/mol. The van der Waals surface area contributed by atoms with Crippen LogP contribution in [0.3, 0.4) is 0 Å². The van der Waals surface area contributed by atoms with E-state index in [9.17, 15) is 4.79 Å². The Bertz CT molecular complexity index is 515. The minimum Gasteiger partial charge on any atom is -0.370 e. The third kappa shape index (κ3) is 8.78. The van der Waals surface area contributed by atoms with E-state index in [0.29, 0.717) is 25.0 Å². The molecule has 0 aliphatic heterocycles. The number of guanidine groups is 1. The summed E-state index contributed by atoms with van der Waals surface area (Å²) < 4.78 is 0. The molecule has 23 heavy (non-hydrogen) atoms. The van der Waals surface area contributed by atoms with Crippen LogP contribution in [0.15, 0.2) is 29.3 Å². The number of carbonyl (C=O) groups is 1. The molecule has 1 rings (SSSR count). The van der Waals surface area contributed by atoms with Gasteiger partial charge in [-0.15, -0.1) is 24.0 Å². The second kappa shape index (κ2) is 11.3. The van der Waals surface area contributed by atoms with Gasteiger partial charge in [-0.2, -0.15) is 0 Å². The second-order valence-electron chi connectivity index (χ2n) is 5.97. The molecule has 1 aromatic rings. The lowest BCUT2D eigenvalue weighted by molar-refractivity contribution is -0.123. The molecule has 0 atom stereocenters. The van der Waals surface area contributed by atoms with Crippen molar-refractivity contribution >= 4 is 41.5 Å². The van der Waals surface area contributed by atoms with Crippen molar-refractivity contribution in [2.75, 3.05) is 18.4 Å².